The molecule has 5 aromatic rings. The Morgan fingerprint density at radius 3 is 2.21 bits per heavy atom. The molecule has 8 rings (SSSR count). The molecule has 56 heavy (non-hydrogen) atoms. The van der Waals surface area contributed by atoms with Crippen LogP contribution < -0.4 is 10.6 Å². The van der Waals surface area contributed by atoms with Gasteiger partial charge in [-0.3, -0.25) is 4.79 Å². The molecule has 11 heteroatoms. The standard InChI is InChI=1S/C45H47FN4O5S/c1-45(2,3)55-44(53)49-40(27-13-5-4-6-14-27)42(51)50-24-28(47-43(52)54-25-36-31-17-9-7-15-29(31)30-16-8-10-18-32(30)36)23-39(50)41-48-38(26-56-41)35-21-22-37(46)34-20-12-11-19-33(34)35/h7-12,15-22,26-28,36,39-40H,4-6,13-14,23-25H2,1-3H3,(H,47,52)(H,49,53)/t28-,39-,40-/m0/s1. The van der Waals surface area contributed by atoms with Crippen LogP contribution >= 0.6 is 11.3 Å². The highest BCUT2D eigenvalue weighted by molar-refractivity contribution is 7.10. The van der Waals surface area contributed by atoms with Crippen molar-refractivity contribution in [2.24, 2.45) is 5.92 Å². The number of likely N-dealkylation sites (tertiary alicyclic amines) is 1. The Bertz CT molecular complexity index is 2220. The van der Waals surface area contributed by atoms with Gasteiger partial charge in [-0.1, -0.05) is 92.1 Å². The number of halogens is 1. The fourth-order valence-corrected chi connectivity index (χ4v) is 9.68. The summed E-state index contributed by atoms with van der Waals surface area (Å²) in [5, 5.41) is 9.90. The van der Waals surface area contributed by atoms with Gasteiger partial charge < -0.3 is 25.0 Å². The van der Waals surface area contributed by atoms with Crippen LogP contribution in [0.4, 0.5) is 14.0 Å². The normalized spacial score (nSPS) is 19.0. The van der Waals surface area contributed by atoms with E-state index in [1.54, 1.807) is 43.9 Å². The van der Waals surface area contributed by atoms with Gasteiger partial charge in [-0.2, -0.15) is 0 Å². The quantitative estimate of drug-likeness (QED) is 0.163. The number of carbonyl (C=O) groups excluding carboxylic acids is 3. The summed E-state index contributed by atoms with van der Waals surface area (Å²) < 4.78 is 26.3. The van der Waals surface area contributed by atoms with Crippen molar-refractivity contribution in [2.45, 2.75) is 88.9 Å². The molecule has 3 atom stereocenters. The third-order valence-corrected chi connectivity index (χ3v) is 12.2. The second-order valence-corrected chi connectivity index (χ2v) is 17.0. The third-order valence-electron chi connectivity index (χ3n) is 11.3. The highest BCUT2D eigenvalue weighted by Crippen LogP contribution is 2.45. The van der Waals surface area contributed by atoms with Crippen molar-refractivity contribution >= 4 is 40.2 Å². The van der Waals surface area contributed by atoms with Crippen LogP contribution in [0.1, 0.15) is 87.4 Å². The minimum atomic E-state index is -0.804. The number of hydrogen-bond donors (Lipinski definition) is 2. The lowest BCUT2D eigenvalue weighted by atomic mass is 9.83. The number of hydrogen-bond acceptors (Lipinski definition) is 7. The Balaban J connectivity index is 1.06. The van der Waals surface area contributed by atoms with Gasteiger partial charge in [0.1, 0.15) is 29.1 Å². The van der Waals surface area contributed by atoms with Crippen molar-refractivity contribution in [1.29, 1.82) is 0 Å². The Morgan fingerprint density at radius 1 is 0.857 bits per heavy atom. The lowest BCUT2D eigenvalue weighted by Crippen LogP contribution is -2.54. The molecule has 1 aromatic heterocycles. The number of thiazole rings is 1. The van der Waals surface area contributed by atoms with Crippen molar-refractivity contribution < 1.29 is 28.2 Å². The number of amides is 3. The van der Waals surface area contributed by atoms with E-state index in [2.05, 4.69) is 34.9 Å². The number of fused-ring (bicyclic) bond motifs is 4. The van der Waals surface area contributed by atoms with Crippen LogP contribution in [0.25, 0.3) is 33.2 Å². The number of benzene rings is 4. The van der Waals surface area contributed by atoms with E-state index in [1.165, 1.54) is 17.4 Å². The molecule has 0 unspecified atom stereocenters. The van der Waals surface area contributed by atoms with Crippen LogP contribution in [-0.2, 0) is 14.3 Å². The predicted molar refractivity (Wildman–Crippen MR) is 216 cm³/mol. The average molecular weight is 775 g/mol. The van der Waals surface area contributed by atoms with Crippen LogP contribution in [0.15, 0.2) is 90.3 Å². The number of aromatic nitrogens is 1. The molecule has 9 nitrogen and oxygen atoms in total. The number of rotatable bonds is 8. The van der Waals surface area contributed by atoms with E-state index in [1.807, 2.05) is 41.8 Å². The minimum Gasteiger partial charge on any atom is -0.449 e. The number of nitrogens with zero attached hydrogens (tertiary/aromatic N) is 2. The minimum absolute atomic E-state index is 0.0593. The summed E-state index contributed by atoms with van der Waals surface area (Å²) in [5.41, 5.74) is 5.28. The Labute approximate surface area is 330 Å². The van der Waals surface area contributed by atoms with E-state index in [-0.39, 0.29) is 36.7 Å². The predicted octanol–water partition coefficient (Wildman–Crippen LogP) is 9.76. The summed E-state index contributed by atoms with van der Waals surface area (Å²) in [6.45, 7) is 5.77. The SMILES string of the molecule is CC(C)(C)OC(=O)N[C@H](C(=O)N1C[C@@H](NC(=O)OCC2c3ccccc3-c3ccccc32)C[C@H]1c1nc(-c2ccc(F)c3ccccc23)cs1)C1CCCCC1. The van der Waals surface area contributed by atoms with Crippen molar-refractivity contribution in [3.63, 3.8) is 0 Å². The Kier molecular flexibility index (Phi) is 10.5. The molecule has 1 aliphatic heterocycles. The maximum atomic E-state index is 14.8. The first kappa shape index (κ1) is 37.6. The molecule has 2 N–H and O–H groups in total. The van der Waals surface area contributed by atoms with Gasteiger partial charge in [-0.05, 0) is 85.7 Å². The number of ether oxygens (including phenoxy) is 2. The molecule has 2 heterocycles. The largest absolute Gasteiger partial charge is 0.449 e. The van der Waals surface area contributed by atoms with Crippen LogP contribution in [0.5, 0.6) is 0 Å². The van der Waals surface area contributed by atoms with Crippen molar-refractivity contribution in [2.75, 3.05) is 13.2 Å². The van der Waals surface area contributed by atoms with Gasteiger partial charge in [0.2, 0.25) is 5.91 Å². The van der Waals surface area contributed by atoms with E-state index in [0.717, 1.165) is 65.3 Å². The summed E-state index contributed by atoms with van der Waals surface area (Å²) in [5.74, 6) is -0.681. The van der Waals surface area contributed by atoms with E-state index < -0.39 is 35.9 Å². The van der Waals surface area contributed by atoms with E-state index >= 15 is 0 Å². The molecular formula is C45H47FN4O5S. The zero-order valence-electron chi connectivity index (χ0n) is 31.9. The number of carbonyl (C=O) groups is 3. The topological polar surface area (TPSA) is 110 Å². The smallest absolute Gasteiger partial charge is 0.408 e. The maximum absolute atomic E-state index is 14.8. The molecule has 3 amide bonds. The summed E-state index contributed by atoms with van der Waals surface area (Å²) in [6, 6.07) is 25.2. The number of alkyl carbamates (subject to hydrolysis) is 2. The monoisotopic (exact) mass is 774 g/mol. The van der Waals surface area contributed by atoms with Crippen LogP contribution in [-0.4, -0.2) is 58.8 Å². The Morgan fingerprint density at radius 2 is 1.52 bits per heavy atom. The van der Waals surface area contributed by atoms with E-state index in [0.29, 0.717) is 22.5 Å². The highest BCUT2D eigenvalue weighted by Gasteiger charge is 2.44. The molecule has 290 valence electrons. The third kappa shape index (κ3) is 7.74. The van der Waals surface area contributed by atoms with Crippen molar-refractivity contribution in [1.82, 2.24) is 20.5 Å². The molecule has 3 aliphatic rings. The zero-order chi connectivity index (χ0) is 39.0. The number of nitrogens with one attached hydrogen (secondary N) is 2. The van der Waals surface area contributed by atoms with Crippen LogP contribution in [0.2, 0.25) is 0 Å². The fraction of sp³-hybridized carbons (Fsp3) is 0.378. The molecule has 2 fully saturated rings. The Hall–Kier alpha value is -5.29. The van der Waals surface area contributed by atoms with E-state index in [4.69, 9.17) is 14.5 Å². The van der Waals surface area contributed by atoms with Gasteiger partial charge in [-0.25, -0.2) is 19.0 Å². The second kappa shape index (κ2) is 15.7. The summed E-state index contributed by atoms with van der Waals surface area (Å²) >= 11 is 1.42. The van der Waals surface area contributed by atoms with Gasteiger partial charge in [0.15, 0.2) is 0 Å². The molecule has 4 aromatic carbocycles. The summed E-state index contributed by atoms with van der Waals surface area (Å²) in [6.07, 6.45) is 3.86. The van der Waals surface area contributed by atoms with Gasteiger partial charge >= 0.3 is 12.2 Å². The van der Waals surface area contributed by atoms with Crippen molar-refractivity contribution in [3.05, 3.63) is 112 Å². The van der Waals surface area contributed by atoms with Gasteiger partial charge in [0.05, 0.1) is 17.8 Å². The molecule has 2 aliphatic carbocycles. The lowest BCUT2D eigenvalue weighted by molar-refractivity contribution is -0.136. The molecule has 0 radical (unpaired) electrons. The summed E-state index contributed by atoms with van der Waals surface area (Å²) in [4.78, 5) is 48.4. The molecule has 1 saturated heterocycles. The first-order valence-electron chi connectivity index (χ1n) is 19.6. The van der Waals surface area contributed by atoms with Crippen molar-refractivity contribution in [3.8, 4) is 22.4 Å². The van der Waals surface area contributed by atoms with Crippen LogP contribution in [0.3, 0.4) is 0 Å². The molecule has 0 spiro atoms. The first-order valence-corrected chi connectivity index (χ1v) is 20.5. The second-order valence-electron chi connectivity index (χ2n) is 16.1. The lowest BCUT2D eigenvalue weighted by Gasteiger charge is -2.35. The molecular weight excluding hydrogens is 728 g/mol. The first-order chi connectivity index (χ1) is 27.0. The zero-order valence-corrected chi connectivity index (χ0v) is 32.7. The van der Waals surface area contributed by atoms with Gasteiger partial charge in [0, 0.05) is 28.8 Å². The molecule has 0 bridgehead atoms. The average Bonchev–Trinajstić information content (AvgIpc) is 3.92. The maximum Gasteiger partial charge on any atom is 0.408 e. The van der Waals surface area contributed by atoms with Gasteiger partial charge in [0.25, 0.3) is 0 Å². The van der Waals surface area contributed by atoms with Crippen LogP contribution in [0, 0.1) is 11.7 Å². The van der Waals surface area contributed by atoms with E-state index in [9.17, 15) is 18.8 Å². The van der Waals surface area contributed by atoms with Gasteiger partial charge in [-0.15, -0.1) is 11.3 Å². The molecule has 1 saturated carbocycles. The fourth-order valence-electron chi connectivity index (χ4n) is 8.74. The highest BCUT2D eigenvalue weighted by atomic mass is 32.1. The summed E-state index contributed by atoms with van der Waals surface area (Å²) in [7, 11) is 0.